The molecule has 0 spiro atoms. The molecule has 1 atom stereocenters. The van der Waals surface area contributed by atoms with Gasteiger partial charge in [-0.1, -0.05) is 58.3 Å². The van der Waals surface area contributed by atoms with Gasteiger partial charge < -0.3 is 20.5 Å². The minimum Gasteiger partial charge on any atom is -0.870 e. The van der Waals surface area contributed by atoms with Gasteiger partial charge in [0, 0.05) is 6.42 Å². The van der Waals surface area contributed by atoms with Crippen molar-refractivity contribution < 1.29 is 54.5 Å². The predicted molar refractivity (Wildman–Crippen MR) is 93.0 cm³/mol. The molecule has 0 saturated carbocycles. The van der Waals surface area contributed by atoms with Crippen molar-refractivity contribution in [2.24, 2.45) is 4.99 Å². The van der Waals surface area contributed by atoms with Crippen LogP contribution in [0.5, 0.6) is 0 Å². The molecule has 1 rings (SSSR count). The van der Waals surface area contributed by atoms with Crippen molar-refractivity contribution in [3.8, 4) is 0 Å². The second kappa shape index (κ2) is 16.2. The summed E-state index contributed by atoms with van der Waals surface area (Å²) >= 11 is 0. The topological polar surface area (TPSA) is 103 Å². The van der Waals surface area contributed by atoms with Crippen LogP contribution in [0.15, 0.2) is 4.99 Å². The zero-order valence-electron chi connectivity index (χ0n) is 16.2. The number of aliphatic hydroxyl groups is 1. The van der Waals surface area contributed by atoms with Crippen molar-refractivity contribution in [3.05, 3.63) is 0 Å². The molecule has 0 bridgehead atoms. The minimum absolute atomic E-state index is 0. The molecule has 0 saturated heterocycles. The van der Waals surface area contributed by atoms with Crippen LogP contribution in [-0.4, -0.2) is 59.7 Å². The number of aliphatic hydroxyl groups excluding tert-OH is 1. The van der Waals surface area contributed by atoms with Crippen LogP contribution in [0.4, 0.5) is 0 Å². The van der Waals surface area contributed by atoms with Crippen molar-refractivity contribution >= 4 is 11.8 Å². The summed E-state index contributed by atoms with van der Waals surface area (Å²) in [7, 11) is 0. The molecule has 0 amide bonds. The van der Waals surface area contributed by atoms with Crippen LogP contribution < -0.4 is 34.7 Å². The van der Waals surface area contributed by atoms with Crippen LogP contribution >= 0.6 is 0 Å². The van der Waals surface area contributed by atoms with Crippen LogP contribution in [0.2, 0.25) is 0 Å². The average Bonchev–Trinajstić information content (AvgIpc) is 2.87. The van der Waals surface area contributed by atoms with Gasteiger partial charge >= 0.3 is 29.6 Å². The van der Waals surface area contributed by atoms with E-state index in [1.54, 1.807) is 0 Å². The number of hydrogen-bond donors (Lipinski definition) is 1. The Morgan fingerprint density at radius 1 is 1.12 bits per heavy atom. The Bertz CT molecular complexity index is 380. The molecular weight excluding hydrogens is 331 g/mol. The largest absolute Gasteiger partial charge is 1.00 e. The summed E-state index contributed by atoms with van der Waals surface area (Å²) in [5.74, 6) is -0.105. The van der Waals surface area contributed by atoms with E-state index in [-0.39, 0.29) is 48.2 Å². The Balaban J connectivity index is 0. The van der Waals surface area contributed by atoms with E-state index in [9.17, 15) is 15.0 Å². The Kier molecular flexibility index (Phi) is 17.7. The molecule has 0 aromatic carbocycles. The van der Waals surface area contributed by atoms with Crippen LogP contribution in [-0.2, 0) is 4.79 Å². The maximum Gasteiger partial charge on any atom is 1.00 e. The van der Waals surface area contributed by atoms with E-state index in [1.165, 1.54) is 51.4 Å². The third kappa shape index (κ3) is 10.7. The molecule has 1 unspecified atom stereocenters. The molecular formula is C18H35N2NaO4. The zero-order valence-corrected chi connectivity index (χ0v) is 18.2. The summed E-state index contributed by atoms with van der Waals surface area (Å²) in [6.07, 6.45) is 12.3. The van der Waals surface area contributed by atoms with Crippen LogP contribution in [0.3, 0.4) is 0 Å². The van der Waals surface area contributed by atoms with Crippen LogP contribution in [0, 0.1) is 0 Å². The summed E-state index contributed by atoms with van der Waals surface area (Å²) in [5.41, 5.74) is 0. The fraction of sp³-hybridized carbons (Fsp3) is 0.889. The van der Waals surface area contributed by atoms with E-state index in [2.05, 4.69) is 11.9 Å². The number of carbonyl (C=O) groups excluding carboxylic acids is 1. The maximum atomic E-state index is 11.0. The first-order valence-corrected chi connectivity index (χ1v) is 9.35. The van der Waals surface area contributed by atoms with Crippen LogP contribution in [0.25, 0.3) is 0 Å². The molecule has 25 heavy (non-hydrogen) atoms. The predicted octanol–water partition coefficient (Wildman–Crippen LogP) is -1.29. The van der Waals surface area contributed by atoms with Crippen LogP contribution in [0.1, 0.15) is 71.1 Å². The van der Waals surface area contributed by atoms with Gasteiger partial charge in [-0.25, -0.2) is 4.99 Å². The molecule has 1 aliphatic heterocycles. The zero-order chi connectivity index (χ0) is 17.0. The summed E-state index contributed by atoms with van der Waals surface area (Å²) < 4.78 is 0.301. The summed E-state index contributed by atoms with van der Waals surface area (Å²) in [5, 5.41) is 20.3. The van der Waals surface area contributed by atoms with E-state index < -0.39 is 5.97 Å². The smallest absolute Gasteiger partial charge is 0.870 e. The number of aliphatic imine (C=N–C) groups is 1. The van der Waals surface area contributed by atoms with Gasteiger partial charge in [-0.2, -0.15) is 0 Å². The summed E-state index contributed by atoms with van der Waals surface area (Å²) in [4.78, 5) is 15.6. The fourth-order valence-electron chi connectivity index (χ4n) is 3.49. The fourth-order valence-corrected chi connectivity index (χ4v) is 3.49. The van der Waals surface area contributed by atoms with Crippen molar-refractivity contribution in [2.75, 3.05) is 32.8 Å². The van der Waals surface area contributed by atoms with E-state index in [4.69, 9.17) is 0 Å². The summed E-state index contributed by atoms with van der Waals surface area (Å²) in [6.45, 7) is 3.95. The van der Waals surface area contributed by atoms with Gasteiger partial charge in [0.15, 0.2) is 5.84 Å². The first kappa shape index (κ1) is 27.2. The number of quaternary nitrogens is 1. The molecule has 0 radical (unpaired) electrons. The van der Waals surface area contributed by atoms with Crippen molar-refractivity contribution in [2.45, 2.75) is 71.1 Å². The number of carboxylic acids is 1. The number of unbranched alkanes of at least 4 members (excludes halogenated alkanes) is 8. The number of rotatable bonds is 14. The Morgan fingerprint density at radius 2 is 1.68 bits per heavy atom. The Labute approximate surface area is 174 Å². The number of amidine groups is 1. The first-order valence-electron chi connectivity index (χ1n) is 9.35. The molecule has 1 heterocycles. The van der Waals surface area contributed by atoms with E-state index in [0.29, 0.717) is 24.1 Å². The molecule has 0 aromatic rings. The molecule has 142 valence electrons. The Hall–Kier alpha value is 0.0200. The van der Waals surface area contributed by atoms with Gasteiger partial charge in [-0.05, 0) is 6.42 Å². The third-order valence-electron chi connectivity index (χ3n) is 4.83. The summed E-state index contributed by atoms with van der Waals surface area (Å²) in [6, 6.07) is 0. The third-order valence-corrected chi connectivity index (χ3v) is 4.83. The standard InChI is InChI=1S/C18H34N2O3.Na.H2O/c1-2-3-4-5-6-7-8-9-10-11-17-19-12-13-20(17,14-15-21)16-18(22)23;;/h21H,2-16H2,1H3;;1H2/q;+1;/p-1. The second-order valence-electron chi connectivity index (χ2n) is 6.72. The number of carboxylic acid groups (broad SMARTS) is 1. The SMILES string of the molecule is CCCCCCCCCCCC1=NCC[N+]1(CCO)CC(=O)[O-].[Na+].[OH-]. The first-order chi connectivity index (χ1) is 11.1. The molecule has 0 aliphatic carbocycles. The monoisotopic (exact) mass is 366 g/mol. The van der Waals surface area contributed by atoms with E-state index in [0.717, 1.165) is 18.7 Å². The average molecular weight is 366 g/mol. The van der Waals surface area contributed by atoms with Gasteiger partial charge in [-0.3, -0.25) is 4.48 Å². The molecule has 2 N–H and O–H groups in total. The van der Waals surface area contributed by atoms with Gasteiger partial charge in [-0.15, -0.1) is 0 Å². The maximum absolute atomic E-state index is 11.0. The van der Waals surface area contributed by atoms with Crippen molar-refractivity contribution in [1.82, 2.24) is 0 Å². The number of nitrogens with zero attached hydrogens (tertiary/aromatic N) is 2. The molecule has 1 aliphatic rings. The van der Waals surface area contributed by atoms with E-state index in [1.807, 2.05) is 0 Å². The normalized spacial score (nSPS) is 19.0. The molecule has 0 fully saturated rings. The van der Waals surface area contributed by atoms with Crippen molar-refractivity contribution in [1.29, 1.82) is 0 Å². The van der Waals surface area contributed by atoms with E-state index >= 15 is 0 Å². The Morgan fingerprint density at radius 3 is 2.20 bits per heavy atom. The van der Waals surface area contributed by atoms with Crippen molar-refractivity contribution in [3.63, 3.8) is 0 Å². The second-order valence-corrected chi connectivity index (χ2v) is 6.72. The minimum atomic E-state index is -1.06. The number of hydrogen-bond acceptors (Lipinski definition) is 5. The number of aliphatic carboxylic acids is 1. The van der Waals surface area contributed by atoms with Gasteiger partial charge in [0.25, 0.3) is 0 Å². The van der Waals surface area contributed by atoms with Gasteiger partial charge in [0.1, 0.15) is 19.6 Å². The van der Waals surface area contributed by atoms with Gasteiger partial charge in [0.2, 0.25) is 0 Å². The molecule has 6 nitrogen and oxygen atoms in total. The molecule has 0 aromatic heterocycles. The quantitative estimate of drug-likeness (QED) is 0.235. The number of carbonyl (C=O) groups is 1. The molecule has 7 heteroatoms. The van der Waals surface area contributed by atoms with Gasteiger partial charge in [0.05, 0.1) is 19.1 Å².